The summed E-state index contributed by atoms with van der Waals surface area (Å²) in [5.41, 5.74) is 9.12. The highest BCUT2D eigenvalue weighted by molar-refractivity contribution is 5.44. The SMILES string of the molecule is C=C(C)CN(C)c1cc(CN)cc(C(C)(C)C)n1. The van der Waals surface area contributed by atoms with Gasteiger partial charge < -0.3 is 10.6 Å². The average Bonchev–Trinajstić information content (AvgIpc) is 2.26. The van der Waals surface area contributed by atoms with Gasteiger partial charge in [-0.15, -0.1) is 0 Å². The zero-order valence-corrected chi connectivity index (χ0v) is 12.2. The maximum atomic E-state index is 5.77. The summed E-state index contributed by atoms with van der Waals surface area (Å²) < 4.78 is 0. The first-order valence-electron chi connectivity index (χ1n) is 6.31. The summed E-state index contributed by atoms with van der Waals surface area (Å²) in [6.07, 6.45) is 0. The molecule has 3 heteroatoms. The quantitative estimate of drug-likeness (QED) is 0.832. The minimum Gasteiger partial charge on any atom is -0.356 e. The fourth-order valence-electron chi connectivity index (χ4n) is 1.75. The molecule has 0 aliphatic rings. The predicted molar refractivity (Wildman–Crippen MR) is 78.9 cm³/mol. The van der Waals surface area contributed by atoms with Crippen LogP contribution in [-0.4, -0.2) is 18.6 Å². The maximum absolute atomic E-state index is 5.77. The Bertz CT molecular complexity index is 430. The topological polar surface area (TPSA) is 42.1 Å². The van der Waals surface area contributed by atoms with Crippen molar-refractivity contribution in [1.82, 2.24) is 4.98 Å². The van der Waals surface area contributed by atoms with Gasteiger partial charge in [0.2, 0.25) is 0 Å². The molecule has 0 amide bonds. The molecule has 0 bridgehead atoms. The van der Waals surface area contributed by atoms with E-state index in [-0.39, 0.29) is 5.41 Å². The molecule has 100 valence electrons. The lowest BCUT2D eigenvalue weighted by molar-refractivity contribution is 0.567. The minimum absolute atomic E-state index is 0.0317. The first-order chi connectivity index (χ1) is 8.24. The molecule has 0 aliphatic carbocycles. The lowest BCUT2D eigenvalue weighted by atomic mass is 9.90. The zero-order valence-electron chi connectivity index (χ0n) is 12.2. The Labute approximate surface area is 111 Å². The number of hydrogen-bond donors (Lipinski definition) is 1. The van der Waals surface area contributed by atoms with E-state index in [0.29, 0.717) is 6.54 Å². The molecular formula is C15H25N3. The van der Waals surface area contributed by atoms with E-state index in [0.717, 1.165) is 29.2 Å². The highest BCUT2D eigenvalue weighted by Crippen LogP contribution is 2.24. The Morgan fingerprint density at radius 2 is 2.00 bits per heavy atom. The molecule has 0 saturated heterocycles. The van der Waals surface area contributed by atoms with Gasteiger partial charge in [-0.3, -0.25) is 0 Å². The predicted octanol–water partition coefficient (Wildman–Crippen LogP) is 2.85. The van der Waals surface area contributed by atoms with Gasteiger partial charge >= 0.3 is 0 Å². The van der Waals surface area contributed by atoms with Crippen molar-refractivity contribution in [2.24, 2.45) is 5.73 Å². The Morgan fingerprint density at radius 3 is 2.44 bits per heavy atom. The smallest absolute Gasteiger partial charge is 0.129 e. The van der Waals surface area contributed by atoms with Crippen LogP contribution in [0.15, 0.2) is 24.3 Å². The van der Waals surface area contributed by atoms with Crippen molar-refractivity contribution in [3.63, 3.8) is 0 Å². The summed E-state index contributed by atoms with van der Waals surface area (Å²) in [6, 6.07) is 4.15. The molecule has 1 aromatic rings. The van der Waals surface area contributed by atoms with E-state index < -0.39 is 0 Å². The Balaban J connectivity index is 3.15. The fourth-order valence-corrected chi connectivity index (χ4v) is 1.75. The molecule has 2 N–H and O–H groups in total. The first kappa shape index (κ1) is 14.7. The summed E-state index contributed by atoms with van der Waals surface area (Å²) in [5, 5.41) is 0. The second-order valence-corrected chi connectivity index (χ2v) is 5.99. The van der Waals surface area contributed by atoms with E-state index in [1.165, 1.54) is 0 Å². The highest BCUT2D eigenvalue weighted by atomic mass is 15.2. The zero-order chi connectivity index (χ0) is 13.9. The van der Waals surface area contributed by atoms with Crippen LogP contribution in [0.5, 0.6) is 0 Å². The largest absolute Gasteiger partial charge is 0.356 e. The van der Waals surface area contributed by atoms with Crippen LogP contribution in [0.25, 0.3) is 0 Å². The number of aromatic nitrogens is 1. The summed E-state index contributed by atoms with van der Waals surface area (Å²) in [6.45, 7) is 13.8. The number of nitrogens with zero attached hydrogens (tertiary/aromatic N) is 2. The van der Waals surface area contributed by atoms with Gasteiger partial charge in [0.25, 0.3) is 0 Å². The molecule has 0 saturated carbocycles. The Morgan fingerprint density at radius 1 is 1.39 bits per heavy atom. The van der Waals surface area contributed by atoms with E-state index >= 15 is 0 Å². The molecule has 1 rings (SSSR count). The van der Waals surface area contributed by atoms with Crippen molar-refractivity contribution in [2.45, 2.75) is 39.7 Å². The van der Waals surface area contributed by atoms with E-state index in [1.807, 2.05) is 14.0 Å². The van der Waals surface area contributed by atoms with Crippen molar-refractivity contribution in [1.29, 1.82) is 0 Å². The standard InChI is InChI=1S/C15H25N3/c1-11(2)10-18(6)14-8-12(9-16)7-13(17-14)15(3,4)5/h7-8H,1,9-10,16H2,2-6H3. The number of nitrogens with two attached hydrogens (primary N) is 1. The third-order valence-electron chi connectivity index (χ3n) is 2.77. The van der Waals surface area contributed by atoms with Crippen molar-refractivity contribution < 1.29 is 0 Å². The van der Waals surface area contributed by atoms with Crippen molar-refractivity contribution >= 4 is 5.82 Å². The Kier molecular flexibility index (Phi) is 4.52. The second-order valence-electron chi connectivity index (χ2n) is 5.99. The van der Waals surface area contributed by atoms with Crippen molar-refractivity contribution in [2.75, 3.05) is 18.5 Å². The van der Waals surface area contributed by atoms with Gasteiger partial charge in [-0.1, -0.05) is 32.9 Å². The van der Waals surface area contributed by atoms with E-state index in [4.69, 9.17) is 10.7 Å². The molecular weight excluding hydrogens is 222 g/mol. The monoisotopic (exact) mass is 247 g/mol. The third-order valence-corrected chi connectivity index (χ3v) is 2.77. The Hall–Kier alpha value is -1.35. The molecule has 0 radical (unpaired) electrons. The molecule has 1 aromatic heterocycles. The number of likely N-dealkylation sites (N-methyl/N-ethyl adjacent to an activating group) is 1. The third kappa shape index (κ3) is 3.84. The van der Waals surface area contributed by atoms with Gasteiger partial charge in [-0.05, 0) is 24.6 Å². The molecule has 18 heavy (non-hydrogen) atoms. The van der Waals surface area contributed by atoms with Crippen molar-refractivity contribution in [3.05, 3.63) is 35.5 Å². The number of pyridine rings is 1. The number of rotatable bonds is 4. The van der Waals surface area contributed by atoms with Crippen LogP contribution in [-0.2, 0) is 12.0 Å². The molecule has 1 heterocycles. The van der Waals surface area contributed by atoms with Gasteiger partial charge in [0.05, 0.1) is 0 Å². The lowest BCUT2D eigenvalue weighted by Gasteiger charge is -2.24. The van der Waals surface area contributed by atoms with Crippen LogP contribution < -0.4 is 10.6 Å². The van der Waals surface area contributed by atoms with Crippen LogP contribution >= 0.6 is 0 Å². The summed E-state index contributed by atoms with van der Waals surface area (Å²) in [4.78, 5) is 6.84. The van der Waals surface area contributed by atoms with Crippen LogP contribution in [0.3, 0.4) is 0 Å². The maximum Gasteiger partial charge on any atom is 0.129 e. The normalized spacial score (nSPS) is 11.4. The lowest BCUT2D eigenvalue weighted by Crippen LogP contribution is -2.23. The van der Waals surface area contributed by atoms with Gasteiger partial charge in [-0.25, -0.2) is 4.98 Å². The molecule has 0 spiro atoms. The van der Waals surface area contributed by atoms with Gasteiger partial charge in [0.1, 0.15) is 5.82 Å². The van der Waals surface area contributed by atoms with E-state index in [9.17, 15) is 0 Å². The highest BCUT2D eigenvalue weighted by Gasteiger charge is 2.18. The molecule has 0 unspecified atom stereocenters. The van der Waals surface area contributed by atoms with Crippen LogP contribution in [0.1, 0.15) is 39.0 Å². The summed E-state index contributed by atoms with van der Waals surface area (Å²) >= 11 is 0. The number of hydrogen-bond acceptors (Lipinski definition) is 3. The average molecular weight is 247 g/mol. The van der Waals surface area contributed by atoms with Gasteiger partial charge in [0, 0.05) is 31.2 Å². The minimum atomic E-state index is 0.0317. The molecule has 0 atom stereocenters. The van der Waals surface area contributed by atoms with Crippen LogP contribution in [0, 0.1) is 0 Å². The molecule has 0 fully saturated rings. The number of anilines is 1. The summed E-state index contributed by atoms with van der Waals surface area (Å²) in [7, 11) is 2.03. The molecule has 3 nitrogen and oxygen atoms in total. The van der Waals surface area contributed by atoms with Crippen LogP contribution in [0.4, 0.5) is 5.82 Å². The van der Waals surface area contributed by atoms with Crippen molar-refractivity contribution in [3.8, 4) is 0 Å². The molecule has 0 aromatic carbocycles. The van der Waals surface area contributed by atoms with Crippen LogP contribution in [0.2, 0.25) is 0 Å². The molecule has 0 aliphatic heterocycles. The van der Waals surface area contributed by atoms with Gasteiger partial charge in [-0.2, -0.15) is 0 Å². The fraction of sp³-hybridized carbons (Fsp3) is 0.533. The summed E-state index contributed by atoms with van der Waals surface area (Å²) in [5.74, 6) is 0.964. The second kappa shape index (κ2) is 5.53. The van der Waals surface area contributed by atoms with E-state index in [2.05, 4.69) is 44.4 Å². The van der Waals surface area contributed by atoms with E-state index in [1.54, 1.807) is 0 Å². The first-order valence-corrected chi connectivity index (χ1v) is 6.31. The van der Waals surface area contributed by atoms with Gasteiger partial charge in [0.15, 0.2) is 0 Å².